The molecule has 0 saturated heterocycles. The molecule has 3 nitrogen and oxygen atoms in total. The first kappa shape index (κ1) is 18.1. The summed E-state index contributed by atoms with van der Waals surface area (Å²) in [6, 6.07) is 9.71. The lowest BCUT2D eigenvalue weighted by atomic mass is 10.4. The summed E-state index contributed by atoms with van der Waals surface area (Å²) in [6.45, 7) is 17.8. The molecule has 120 valence electrons. The average molecular weight is 318 g/mol. The molecule has 0 spiro atoms. The van der Waals surface area contributed by atoms with E-state index in [4.69, 9.17) is 13.3 Å². The van der Waals surface area contributed by atoms with Gasteiger partial charge in [0, 0.05) is 19.3 Å². The highest BCUT2D eigenvalue weighted by Gasteiger charge is 2.52. The highest BCUT2D eigenvalue weighted by Crippen LogP contribution is 2.23. The molecule has 0 bridgehead atoms. The van der Waals surface area contributed by atoms with Gasteiger partial charge in [-0.25, -0.2) is 0 Å². The fourth-order valence-electron chi connectivity index (χ4n) is 1.67. The second-order valence-electron chi connectivity index (χ2n) is 4.91. The molecule has 0 amide bonds. The Labute approximate surface area is 135 Å². The van der Waals surface area contributed by atoms with Crippen molar-refractivity contribution in [1.82, 2.24) is 0 Å². The summed E-state index contributed by atoms with van der Waals surface area (Å²) >= 11 is 0. The Morgan fingerprint density at radius 1 is 0.773 bits per heavy atom. The van der Waals surface area contributed by atoms with Crippen molar-refractivity contribution >= 4 is 14.0 Å². The minimum atomic E-state index is -3.22. The summed E-state index contributed by atoms with van der Waals surface area (Å²) in [7, 11) is -3.22. The molecular formula is C18H26O3Si. The van der Waals surface area contributed by atoms with Crippen molar-refractivity contribution in [2.24, 2.45) is 0 Å². The molecule has 22 heavy (non-hydrogen) atoms. The first-order valence-electron chi connectivity index (χ1n) is 7.63. The summed E-state index contributed by atoms with van der Waals surface area (Å²) in [5, 5.41) is 0.869. The van der Waals surface area contributed by atoms with E-state index in [2.05, 4.69) is 19.7 Å². The third-order valence-corrected chi connectivity index (χ3v) is 5.86. The van der Waals surface area contributed by atoms with Crippen molar-refractivity contribution in [3.8, 4) is 0 Å². The van der Waals surface area contributed by atoms with E-state index in [-0.39, 0.29) is 0 Å². The summed E-state index contributed by atoms with van der Waals surface area (Å²) < 4.78 is 18.3. The Morgan fingerprint density at radius 2 is 1.14 bits per heavy atom. The van der Waals surface area contributed by atoms with Gasteiger partial charge in [-0.15, -0.1) is 0 Å². The van der Waals surface area contributed by atoms with Gasteiger partial charge in [-0.1, -0.05) is 70.8 Å². The maximum atomic E-state index is 6.10. The van der Waals surface area contributed by atoms with E-state index in [0.717, 1.165) is 5.19 Å². The molecule has 0 aliphatic heterocycles. The van der Waals surface area contributed by atoms with Crippen LogP contribution in [0, 0.1) is 0 Å². The average Bonchev–Trinajstić information content (AvgIpc) is 2.54. The van der Waals surface area contributed by atoms with Gasteiger partial charge in [0.2, 0.25) is 0 Å². The minimum Gasteiger partial charge on any atom is -0.485 e. The lowest BCUT2D eigenvalue weighted by Gasteiger charge is -2.32. The van der Waals surface area contributed by atoms with Gasteiger partial charge in [0.1, 0.15) is 0 Å². The third kappa shape index (κ3) is 4.81. The minimum absolute atomic E-state index is 0.628. The van der Waals surface area contributed by atoms with Crippen molar-refractivity contribution in [2.75, 3.05) is 0 Å². The van der Waals surface area contributed by atoms with E-state index in [1.54, 1.807) is 0 Å². The van der Waals surface area contributed by atoms with Crippen LogP contribution in [0.4, 0.5) is 0 Å². The monoisotopic (exact) mass is 318 g/mol. The van der Waals surface area contributed by atoms with Crippen molar-refractivity contribution in [3.63, 3.8) is 0 Å². The zero-order chi connectivity index (χ0) is 16.6. The number of hydrogen-bond donors (Lipinski definition) is 0. The molecule has 0 aromatic heterocycles. The molecule has 1 rings (SSSR count). The predicted octanol–water partition coefficient (Wildman–Crippen LogP) is 4.65. The van der Waals surface area contributed by atoms with Gasteiger partial charge < -0.3 is 13.3 Å². The smallest absolute Gasteiger partial charge is 0.485 e. The van der Waals surface area contributed by atoms with Crippen LogP contribution < -0.4 is 5.19 Å². The zero-order valence-electron chi connectivity index (χ0n) is 13.9. The SMILES string of the molecule is C=C(CC)O[Si](OC(=C)CC)(OC(=C)CC)c1ccccc1. The van der Waals surface area contributed by atoms with E-state index < -0.39 is 8.80 Å². The molecule has 0 unspecified atom stereocenters. The van der Waals surface area contributed by atoms with Gasteiger partial charge in [0.05, 0.1) is 22.5 Å². The highest BCUT2D eigenvalue weighted by atomic mass is 28.4. The van der Waals surface area contributed by atoms with Gasteiger partial charge in [-0.2, -0.15) is 0 Å². The molecule has 0 fully saturated rings. The van der Waals surface area contributed by atoms with Crippen LogP contribution in [0.15, 0.2) is 67.3 Å². The Bertz CT molecular complexity index is 477. The topological polar surface area (TPSA) is 27.7 Å². The van der Waals surface area contributed by atoms with Crippen LogP contribution in [0.25, 0.3) is 0 Å². The van der Waals surface area contributed by atoms with Gasteiger partial charge in [-0.3, -0.25) is 0 Å². The van der Waals surface area contributed by atoms with Crippen molar-refractivity contribution < 1.29 is 13.3 Å². The van der Waals surface area contributed by atoms with Gasteiger partial charge in [0.25, 0.3) is 0 Å². The molecule has 0 atom stereocenters. The maximum absolute atomic E-state index is 6.10. The Hall–Kier alpha value is -1.94. The van der Waals surface area contributed by atoms with Crippen molar-refractivity contribution in [1.29, 1.82) is 0 Å². The number of allylic oxidation sites excluding steroid dienone is 3. The van der Waals surface area contributed by atoms with Gasteiger partial charge >= 0.3 is 8.80 Å². The molecule has 0 radical (unpaired) electrons. The van der Waals surface area contributed by atoms with Crippen LogP contribution in [0.3, 0.4) is 0 Å². The lowest BCUT2D eigenvalue weighted by molar-refractivity contribution is 0.151. The van der Waals surface area contributed by atoms with Gasteiger partial charge in [-0.05, 0) is 0 Å². The third-order valence-electron chi connectivity index (χ3n) is 3.15. The van der Waals surface area contributed by atoms with E-state index in [1.807, 2.05) is 51.1 Å². The van der Waals surface area contributed by atoms with E-state index >= 15 is 0 Å². The Balaban J connectivity index is 3.30. The number of hydrogen-bond acceptors (Lipinski definition) is 3. The summed E-state index contributed by atoms with van der Waals surface area (Å²) in [4.78, 5) is 0. The fraction of sp³-hybridized carbons (Fsp3) is 0.333. The predicted molar refractivity (Wildman–Crippen MR) is 93.4 cm³/mol. The molecule has 0 aliphatic rings. The number of benzene rings is 1. The quantitative estimate of drug-likeness (QED) is 0.464. The molecule has 0 saturated carbocycles. The van der Waals surface area contributed by atoms with Crippen LogP contribution in [-0.4, -0.2) is 8.80 Å². The molecule has 4 heteroatoms. The summed E-state index contributed by atoms with van der Waals surface area (Å²) in [5.41, 5.74) is 0. The maximum Gasteiger partial charge on any atom is 0.736 e. The largest absolute Gasteiger partial charge is 0.736 e. The van der Waals surface area contributed by atoms with Gasteiger partial charge in [0.15, 0.2) is 0 Å². The molecule has 0 N–H and O–H groups in total. The fourth-order valence-corrected chi connectivity index (χ4v) is 4.32. The summed E-state index contributed by atoms with van der Waals surface area (Å²) in [5.74, 6) is 1.88. The van der Waals surface area contributed by atoms with Crippen LogP contribution >= 0.6 is 0 Å². The van der Waals surface area contributed by atoms with Crippen molar-refractivity contribution in [3.05, 3.63) is 67.3 Å². The standard InChI is InChI=1S/C18H26O3Si/c1-7-15(4)19-22(20-16(5)8-2,21-17(6)9-3)18-13-11-10-12-14-18/h10-14H,4-9H2,1-3H3. The first-order chi connectivity index (χ1) is 10.5. The highest BCUT2D eigenvalue weighted by molar-refractivity contribution is 6.76. The van der Waals surface area contributed by atoms with Crippen LogP contribution in [0.1, 0.15) is 40.0 Å². The lowest BCUT2D eigenvalue weighted by Crippen LogP contribution is -2.56. The van der Waals surface area contributed by atoms with Crippen LogP contribution in [0.2, 0.25) is 0 Å². The second-order valence-corrected chi connectivity index (χ2v) is 7.21. The normalized spacial score (nSPS) is 10.7. The van der Waals surface area contributed by atoms with Crippen LogP contribution in [0.5, 0.6) is 0 Å². The Morgan fingerprint density at radius 3 is 1.45 bits per heavy atom. The van der Waals surface area contributed by atoms with Crippen molar-refractivity contribution in [2.45, 2.75) is 40.0 Å². The second kappa shape index (κ2) is 8.49. The first-order valence-corrected chi connectivity index (χ1v) is 9.35. The number of rotatable bonds is 10. The van der Waals surface area contributed by atoms with E-state index in [1.165, 1.54) is 0 Å². The van der Waals surface area contributed by atoms with E-state index in [9.17, 15) is 0 Å². The zero-order valence-corrected chi connectivity index (χ0v) is 14.9. The molecular weight excluding hydrogens is 292 g/mol. The molecule has 0 heterocycles. The Kier molecular flexibility index (Phi) is 6.99. The van der Waals surface area contributed by atoms with E-state index in [0.29, 0.717) is 36.5 Å². The summed E-state index contributed by atoms with van der Waals surface area (Å²) in [6.07, 6.45) is 2.06. The van der Waals surface area contributed by atoms with Crippen LogP contribution in [-0.2, 0) is 13.3 Å². The molecule has 1 aromatic rings. The molecule has 0 aliphatic carbocycles. The molecule has 1 aromatic carbocycles.